The summed E-state index contributed by atoms with van der Waals surface area (Å²) in [6, 6.07) is 20.9. The number of piperidine rings is 1. The molecule has 8 heteroatoms. The molecule has 5 nitrogen and oxygen atoms in total. The Labute approximate surface area is 226 Å². The lowest BCUT2D eigenvalue weighted by molar-refractivity contribution is -0.134. The summed E-state index contributed by atoms with van der Waals surface area (Å²) in [5.41, 5.74) is 0.740. The molecule has 3 aromatic rings. The number of benzene rings is 3. The Bertz CT molecular complexity index is 1260. The number of hydrogen-bond donors (Lipinski definition) is 0. The monoisotopic (exact) mass is 542 g/mol. The fourth-order valence-corrected chi connectivity index (χ4v) is 5.06. The van der Waals surface area contributed by atoms with E-state index in [4.69, 9.17) is 27.9 Å². The molecule has 37 heavy (non-hydrogen) atoms. The molecule has 0 bridgehead atoms. The van der Waals surface area contributed by atoms with Gasteiger partial charge in [-0.15, -0.1) is 0 Å². The number of ether oxygens (including phenoxy) is 1. The SMILES string of the molecule is CN(Cc1ccccc1)C(=O)CC1(COc2cccc(Cl)c2)CCCN(C(=O)c2ccc(F)c(Cl)c2)C1. The Morgan fingerprint density at radius 1 is 1.05 bits per heavy atom. The van der Waals surface area contributed by atoms with Crippen LogP contribution in [0.25, 0.3) is 0 Å². The maximum Gasteiger partial charge on any atom is 0.253 e. The molecule has 0 radical (unpaired) electrons. The van der Waals surface area contributed by atoms with Gasteiger partial charge in [-0.05, 0) is 54.8 Å². The zero-order chi connectivity index (χ0) is 26.4. The van der Waals surface area contributed by atoms with E-state index in [1.807, 2.05) is 36.4 Å². The highest BCUT2D eigenvalue weighted by molar-refractivity contribution is 6.31. The van der Waals surface area contributed by atoms with Crippen LogP contribution in [0.15, 0.2) is 72.8 Å². The fraction of sp³-hybridized carbons (Fsp3) is 0.310. The number of nitrogens with zero attached hydrogens (tertiary/aromatic N) is 2. The molecular weight excluding hydrogens is 514 g/mol. The highest BCUT2D eigenvalue weighted by atomic mass is 35.5. The summed E-state index contributed by atoms with van der Waals surface area (Å²) in [5, 5.41) is 0.454. The summed E-state index contributed by atoms with van der Waals surface area (Å²) in [6.07, 6.45) is 1.63. The Hall–Kier alpha value is -3.09. The van der Waals surface area contributed by atoms with E-state index in [0.29, 0.717) is 48.8 Å². The van der Waals surface area contributed by atoms with E-state index in [0.717, 1.165) is 5.56 Å². The smallest absolute Gasteiger partial charge is 0.253 e. The van der Waals surface area contributed by atoms with Crippen LogP contribution in [-0.2, 0) is 11.3 Å². The second kappa shape index (κ2) is 12.0. The molecule has 3 aromatic carbocycles. The predicted molar refractivity (Wildman–Crippen MR) is 143 cm³/mol. The molecule has 1 heterocycles. The van der Waals surface area contributed by atoms with E-state index < -0.39 is 11.2 Å². The molecule has 0 aliphatic carbocycles. The Balaban J connectivity index is 1.54. The average molecular weight is 543 g/mol. The van der Waals surface area contributed by atoms with E-state index >= 15 is 0 Å². The molecule has 0 saturated carbocycles. The van der Waals surface area contributed by atoms with Crippen molar-refractivity contribution in [2.75, 3.05) is 26.7 Å². The van der Waals surface area contributed by atoms with Gasteiger partial charge < -0.3 is 14.5 Å². The molecule has 1 atom stereocenters. The summed E-state index contributed by atoms with van der Waals surface area (Å²) in [6.45, 7) is 1.58. The van der Waals surface area contributed by atoms with Gasteiger partial charge in [0.1, 0.15) is 11.6 Å². The number of hydrogen-bond acceptors (Lipinski definition) is 3. The largest absolute Gasteiger partial charge is 0.493 e. The molecule has 194 valence electrons. The van der Waals surface area contributed by atoms with E-state index in [1.54, 1.807) is 35.0 Å². The minimum atomic E-state index is -0.609. The summed E-state index contributed by atoms with van der Waals surface area (Å²) in [7, 11) is 1.78. The third-order valence-electron chi connectivity index (χ3n) is 6.67. The van der Waals surface area contributed by atoms with Crippen LogP contribution >= 0.6 is 23.2 Å². The first kappa shape index (κ1) is 27.0. The van der Waals surface area contributed by atoms with Crippen molar-refractivity contribution in [2.45, 2.75) is 25.8 Å². The zero-order valence-electron chi connectivity index (χ0n) is 20.6. The molecule has 0 aromatic heterocycles. The van der Waals surface area contributed by atoms with Crippen molar-refractivity contribution in [3.8, 4) is 5.75 Å². The zero-order valence-corrected chi connectivity index (χ0v) is 22.1. The molecule has 4 rings (SSSR count). The predicted octanol–water partition coefficient (Wildman–Crippen LogP) is 6.48. The summed E-state index contributed by atoms with van der Waals surface area (Å²) in [5.74, 6) is -0.254. The molecule has 1 aliphatic rings. The van der Waals surface area contributed by atoms with E-state index in [1.165, 1.54) is 18.2 Å². The maximum absolute atomic E-state index is 13.7. The molecule has 0 spiro atoms. The molecule has 1 saturated heterocycles. The lowest BCUT2D eigenvalue weighted by Gasteiger charge is -2.43. The van der Waals surface area contributed by atoms with Crippen LogP contribution in [0.3, 0.4) is 0 Å². The number of amides is 2. The van der Waals surface area contributed by atoms with Gasteiger partial charge in [-0.1, -0.05) is 59.6 Å². The van der Waals surface area contributed by atoms with Gasteiger partial charge in [0.05, 0.1) is 11.6 Å². The van der Waals surface area contributed by atoms with Crippen LogP contribution in [-0.4, -0.2) is 48.4 Å². The lowest BCUT2D eigenvalue weighted by Crippen LogP contribution is -2.50. The normalized spacial score (nSPS) is 17.4. The summed E-state index contributed by atoms with van der Waals surface area (Å²) in [4.78, 5) is 30.1. The first-order valence-electron chi connectivity index (χ1n) is 12.2. The minimum absolute atomic E-state index is 0.0299. The van der Waals surface area contributed by atoms with E-state index in [2.05, 4.69) is 0 Å². The van der Waals surface area contributed by atoms with Gasteiger partial charge >= 0.3 is 0 Å². The molecular formula is C29H29Cl2FN2O3. The Kier molecular flexibility index (Phi) is 8.72. The Morgan fingerprint density at radius 2 is 1.84 bits per heavy atom. The average Bonchev–Trinajstić information content (AvgIpc) is 2.89. The first-order valence-corrected chi connectivity index (χ1v) is 12.9. The van der Waals surface area contributed by atoms with Gasteiger partial charge in [-0.3, -0.25) is 9.59 Å². The van der Waals surface area contributed by atoms with Gasteiger partial charge in [0.15, 0.2) is 0 Å². The highest BCUT2D eigenvalue weighted by Gasteiger charge is 2.41. The third-order valence-corrected chi connectivity index (χ3v) is 7.20. The number of halogens is 3. The highest BCUT2D eigenvalue weighted by Crippen LogP contribution is 2.36. The Morgan fingerprint density at radius 3 is 2.57 bits per heavy atom. The van der Waals surface area contributed by atoms with Gasteiger partial charge in [-0.2, -0.15) is 0 Å². The van der Waals surface area contributed by atoms with Crippen molar-refractivity contribution in [3.63, 3.8) is 0 Å². The minimum Gasteiger partial charge on any atom is -0.493 e. The molecule has 1 unspecified atom stereocenters. The summed E-state index contributed by atoms with van der Waals surface area (Å²) < 4.78 is 19.8. The van der Waals surface area contributed by atoms with Gasteiger partial charge in [0.25, 0.3) is 5.91 Å². The maximum atomic E-state index is 13.7. The number of rotatable bonds is 8. The molecule has 1 fully saturated rings. The van der Waals surface area contributed by atoms with Crippen molar-refractivity contribution < 1.29 is 18.7 Å². The van der Waals surface area contributed by atoms with Crippen LogP contribution in [0.4, 0.5) is 4.39 Å². The van der Waals surface area contributed by atoms with E-state index in [9.17, 15) is 14.0 Å². The van der Waals surface area contributed by atoms with Crippen LogP contribution < -0.4 is 4.74 Å². The fourth-order valence-electron chi connectivity index (χ4n) is 4.70. The van der Waals surface area contributed by atoms with Crippen molar-refractivity contribution >= 4 is 35.0 Å². The number of carbonyl (C=O) groups excluding carboxylic acids is 2. The van der Waals surface area contributed by atoms with E-state index in [-0.39, 0.29) is 29.9 Å². The topological polar surface area (TPSA) is 49.9 Å². The lowest BCUT2D eigenvalue weighted by atomic mass is 9.77. The van der Waals surface area contributed by atoms with Crippen LogP contribution in [0.1, 0.15) is 35.2 Å². The first-order chi connectivity index (χ1) is 17.7. The second-order valence-corrected chi connectivity index (χ2v) is 10.5. The van der Waals surface area contributed by atoms with Gasteiger partial charge in [-0.25, -0.2) is 4.39 Å². The molecule has 0 N–H and O–H groups in total. The number of likely N-dealkylation sites (tertiary alicyclic amines) is 1. The van der Waals surface area contributed by atoms with Crippen molar-refractivity contribution in [1.29, 1.82) is 0 Å². The molecule has 2 amide bonds. The van der Waals surface area contributed by atoms with Crippen molar-refractivity contribution in [2.24, 2.45) is 5.41 Å². The van der Waals surface area contributed by atoms with Crippen LogP contribution in [0.5, 0.6) is 5.75 Å². The van der Waals surface area contributed by atoms with Gasteiger partial charge in [0, 0.05) is 49.1 Å². The van der Waals surface area contributed by atoms with Crippen LogP contribution in [0.2, 0.25) is 10.0 Å². The second-order valence-electron chi connectivity index (χ2n) is 9.62. The van der Waals surface area contributed by atoms with Crippen molar-refractivity contribution in [3.05, 3.63) is 99.8 Å². The van der Waals surface area contributed by atoms with Crippen LogP contribution in [0, 0.1) is 11.2 Å². The summed E-state index contributed by atoms with van der Waals surface area (Å²) >= 11 is 12.1. The van der Waals surface area contributed by atoms with Gasteiger partial charge in [0.2, 0.25) is 5.91 Å². The number of carbonyl (C=O) groups is 2. The quantitative estimate of drug-likeness (QED) is 0.327. The standard InChI is InChI=1S/C29H29Cl2FN2O3/c1-33(18-21-7-3-2-4-8-21)27(35)17-29(20-37-24-10-5-9-23(30)16-24)13-6-14-34(19-29)28(36)22-11-12-26(32)25(31)15-22/h2-5,7-12,15-16H,6,13-14,17-20H2,1H3. The van der Waals surface area contributed by atoms with Crippen molar-refractivity contribution in [1.82, 2.24) is 9.80 Å². The molecule has 1 aliphatic heterocycles. The third kappa shape index (κ3) is 7.02.